The topological polar surface area (TPSA) is 115 Å². The first-order valence-corrected chi connectivity index (χ1v) is 8.00. The van der Waals surface area contributed by atoms with E-state index in [4.69, 9.17) is 34.7 Å². The summed E-state index contributed by atoms with van der Waals surface area (Å²) in [7, 11) is -3.82. The molecule has 0 unspecified atom stereocenters. The lowest BCUT2D eigenvalue weighted by atomic mass is 10.2. The maximum Gasteiger partial charge on any atom is 0.244 e. The highest BCUT2D eigenvalue weighted by atomic mass is 35.5. The summed E-state index contributed by atoms with van der Waals surface area (Å²) >= 11 is 11.6. The molecule has 5 N–H and O–H groups in total. The lowest BCUT2D eigenvalue weighted by Crippen LogP contribution is -2.26. The van der Waals surface area contributed by atoms with Crippen molar-refractivity contribution >= 4 is 44.8 Å². The van der Waals surface area contributed by atoms with Gasteiger partial charge in [-0.3, -0.25) is 4.79 Å². The molecule has 1 amide bonds. The Morgan fingerprint density at radius 3 is 2.45 bits per heavy atom. The number of carbonyl (C=O) groups excluding carboxylic acids is 1. The predicted octanol–water partition coefficient (Wildman–Crippen LogP) is 1.51. The van der Waals surface area contributed by atoms with Crippen LogP contribution >= 0.6 is 23.2 Å². The van der Waals surface area contributed by atoms with E-state index in [0.717, 1.165) is 0 Å². The first-order valence-electron chi connectivity index (χ1n) is 5.76. The third-order valence-electron chi connectivity index (χ3n) is 2.45. The first-order chi connectivity index (χ1) is 9.24. The number of nitrogens with two attached hydrogens (primary N) is 2. The maximum absolute atomic E-state index is 12.1. The molecule has 0 aliphatic rings. The Labute approximate surface area is 127 Å². The Hall–Kier alpha value is -1.02. The van der Waals surface area contributed by atoms with Gasteiger partial charge in [-0.25, -0.2) is 13.1 Å². The van der Waals surface area contributed by atoms with Crippen LogP contribution < -0.4 is 16.2 Å². The van der Waals surface area contributed by atoms with Crippen LogP contribution in [-0.2, 0) is 14.8 Å². The number of hydrogen-bond donors (Lipinski definition) is 3. The van der Waals surface area contributed by atoms with Crippen molar-refractivity contribution in [2.24, 2.45) is 5.73 Å². The van der Waals surface area contributed by atoms with Gasteiger partial charge in [-0.05, 0) is 25.0 Å². The van der Waals surface area contributed by atoms with Gasteiger partial charge >= 0.3 is 0 Å². The first kappa shape index (κ1) is 17.0. The SMILES string of the molecule is NC(=O)CCCCNS(=O)(=O)c1c(N)cc(Cl)cc1Cl. The normalized spacial score (nSPS) is 11.5. The molecule has 0 saturated carbocycles. The number of carbonyl (C=O) groups is 1. The summed E-state index contributed by atoms with van der Waals surface area (Å²) in [6.07, 6.45) is 1.19. The highest BCUT2D eigenvalue weighted by Crippen LogP contribution is 2.30. The Bertz CT molecular complexity index is 582. The van der Waals surface area contributed by atoms with E-state index in [1.54, 1.807) is 0 Å². The zero-order valence-electron chi connectivity index (χ0n) is 10.5. The molecule has 0 radical (unpaired) electrons. The number of nitrogens with one attached hydrogen (secondary N) is 1. The number of amides is 1. The quantitative estimate of drug-likeness (QED) is 0.515. The standard InChI is InChI=1S/C11H15Cl2N3O3S/c12-7-5-8(13)11(9(14)6-7)20(18,19)16-4-2-1-3-10(15)17/h5-6,16H,1-4,14H2,(H2,15,17). The molecule has 0 spiro atoms. The van der Waals surface area contributed by atoms with Gasteiger partial charge in [0, 0.05) is 18.0 Å². The van der Waals surface area contributed by atoms with Crippen LogP contribution in [0.4, 0.5) is 5.69 Å². The molecule has 0 bridgehead atoms. The molecule has 0 aromatic heterocycles. The highest BCUT2D eigenvalue weighted by molar-refractivity contribution is 7.89. The van der Waals surface area contributed by atoms with Gasteiger partial charge in [0.25, 0.3) is 0 Å². The van der Waals surface area contributed by atoms with Crippen LogP contribution in [0, 0.1) is 0 Å². The van der Waals surface area contributed by atoms with E-state index < -0.39 is 15.9 Å². The molecule has 0 aliphatic heterocycles. The fraction of sp³-hybridized carbons (Fsp3) is 0.364. The van der Waals surface area contributed by atoms with E-state index in [0.29, 0.717) is 12.8 Å². The average Bonchev–Trinajstić information content (AvgIpc) is 2.25. The summed E-state index contributed by atoms with van der Waals surface area (Å²) in [6, 6.07) is 2.62. The summed E-state index contributed by atoms with van der Waals surface area (Å²) in [5.74, 6) is -0.419. The van der Waals surface area contributed by atoms with Gasteiger partial charge in [0.15, 0.2) is 0 Å². The Balaban J connectivity index is 2.73. The molecule has 1 aromatic carbocycles. The number of nitrogen functional groups attached to an aromatic ring is 1. The zero-order chi connectivity index (χ0) is 15.3. The molecule has 0 saturated heterocycles. The van der Waals surface area contributed by atoms with E-state index >= 15 is 0 Å². The Morgan fingerprint density at radius 1 is 1.25 bits per heavy atom. The number of halogens is 2. The van der Waals surface area contributed by atoms with E-state index in [2.05, 4.69) is 4.72 Å². The molecule has 1 rings (SSSR count). The minimum Gasteiger partial charge on any atom is -0.398 e. The Kier molecular flexibility index (Phi) is 6.07. The van der Waals surface area contributed by atoms with Crippen molar-refractivity contribution in [3.8, 4) is 0 Å². The van der Waals surface area contributed by atoms with Crippen LogP contribution in [0.3, 0.4) is 0 Å². The molecule has 112 valence electrons. The lowest BCUT2D eigenvalue weighted by Gasteiger charge is -2.11. The van der Waals surface area contributed by atoms with Crippen molar-refractivity contribution in [3.05, 3.63) is 22.2 Å². The predicted molar refractivity (Wildman–Crippen MR) is 79.1 cm³/mol. The summed E-state index contributed by atoms with van der Waals surface area (Å²) in [6.45, 7) is 0.161. The number of unbranched alkanes of at least 4 members (excludes halogenated alkanes) is 1. The number of sulfonamides is 1. The molecule has 9 heteroatoms. The third kappa shape index (κ3) is 4.82. The minimum atomic E-state index is -3.82. The molecule has 1 aromatic rings. The molecular formula is C11H15Cl2N3O3S. The molecule has 0 atom stereocenters. The van der Waals surface area contributed by atoms with E-state index in [1.165, 1.54) is 12.1 Å². The van der Waals surface area contributed by atoms with E-state index in [1.807, 2.05) is 0 Å². The Morgan fingerprint density at radius 2 is 1.90 bits per heavy atom. The van der Waals surface area contributed by atoms with E-state index in [-0.39, 0.29) is 33.6 Å². The summed E-state index contributed by atoms with van der Waals surface area (Å²) < 4.78 is 26.5. The van der Waals surface area contributed by atoms with Crippen molar-refractivity contribution in [2.45, 2.75) is 24.2 Å². The number of primary amides is 1. The van der Waals surface area contributed by atoms with Gasteiger partial charge in [0.1, 0.15) is 4.90 Å². The van der Waals surface area contributed by atoms with Gasteiger partial charge in [0.05, 0.1) is 10.7 Å². The van der Waals surface area contributed by atoms with Crippen molar-refractivity contribution in [1.82, 2.24) is 4.72 Å². The van der Waals surface area contributed by atoms with Crippen molar-refractivity contribution < 1.29 is 13.2 Å². The van der Waals surface area contributed by atoms with Crippen molar-refractivity contribution in [2.75, 3.05) is 12.3 Å². The lowest BCUT2D eigenvalue weighted by molar-refractivity contribution is -0.118. The van der Waals surface area contributed by atoms with Gasteiger partial charge in [0.2, 0.25) is 15.9 Å². The number of rotatable bonds is 7. The van der Waals surface area contributed by atoms with Crippen LogP contribution in [-0.4, -0.2) is 20.9 Å². The number of benzene rings is 1. The second kappa shape index (κ2) is 7.12. The second-order valence-electron chi connectivity index (χ2n) is 4.13. The van der Waals surface area contributed by atoms with Crippen LogP contribution in [0.1, 0.15) is 19.3 Å². The maximum atomic E-state index is 12.1. The molecule has 0 aliphatic carbocycles. The fourth-order valence-corrected chi connectivity index (χ4v) is 3.62. The average molecular weight is 340 g/mol. The van der Waals surface area contributed by atoms with Crippen LogP contribution in [0.25, 0.3) is 0 Å². The van der Waals surface area contributed by atoms with E-state index in [9.17, 15) is 13.2 Å². The summed E-state index contributed by atoms with van der Waals surface area (Å²) in [5.41, 5.74) is 10.6. The van der Waals surface area contributed by atoms with Crippen LogP contribution in [0.2, 0.25) is 10.0 Å². The minimum absolute atomic E-state index is 0.0212. The van der Waals surface area contributed by atoms with Crippen LogP contribution in [0.15, 0.2) is 17.0 Å². The second-order valence-corrected chi connectivity index (χ2v) is 6.67. The summed E-state index contributed by atoms with van der Waals surface area (Å²) in [5, 5.41) is 0.215. The fourth-order valence-electron chi connectivity index (χ4n) is 1.57. The number of hydrogen-bond acceptors (Lipinski definition) is 4. The summed E-state index contributed by atoms with van der Waals surface area (Å²) in [4.78, 5) is 10.3. The van der Waals surface area contributed by atoms with Crippen molar-refractivity contribution in [1.29, 1.82) is 0 Å². The van der Waals surface area contributed by atoms with Gasteiger partial charge < -0.3 is 11.5 Å². The third-order valence-corrected chi connectivity index (χ3v) is 4.65. The smallest absolute Gasteiger partial charge is 0.244 e. The van der Waals surface area contributed by atoms with Gasteiger partial charge in [-0.2, -0.15) is 0 Å². The molecule has 0 heterocycles. The molecule has 6 nitrogen and oxygen atoms in total. The molecular weight excluding hydrogens is 325 g/mol. The van der Waals surface area contributed by atoms with Crippen LogP contribution in [0.5, 0.6) is 0 Å². The van der Waals surface area contributed by atoms with Gasteiger partial charge in [-0.15, -0.1) is 0 Å². The molecule has 0 fully saturated rings. The largest absolute Gasteiger partial charge is 0.398 e. The van der Waals surface area contributed by atoms with Crippen molar-refractivity contribution in [3.63, 3.8) is 0 Å². The number of anilines is 1. The molecule has 20 heavy (non-hydrogen) atoms. The van der Waals surface area contributed by atoms with Gasteiger partial charge in [-0.1, -0.05) is 23.2 Å². The monoisotopic (exact) mass is 339 g/mol. The zero-order valence-corrected chi connectivity index (χ0v) is 12.9. The highest BCUT2D eigenvalue weighted by Gasteiger charge is 2.21.